The molecular formula is C18H15N3O3S. The van der Waals surface area contributed by atoms with Crippen molar-refractivity contribution in [1.82, 2.24) is 4.98 Å². The molecule has 0 bridgehead atoms. The second-order valence-electron chi connectivity index (χ2n) is 5.99. The molecule has 6 nitrogen and oxygen atoms in total. The minimum absolute atomic E-state index is 0.111. The van der Waals surface area contributed by atoms with Gasteiger partial charge in [0.2, 0.25) is 0 Å². The number of pyridine rings is 1. The number of hydrogen-bond acceptors (Lipinski definition) is 5. The molecule has 0 saturated carbocycles. The molecule has 2 aromatic heterocycles. The van der Waals surface area contributed by atoms with Crippen molar-refractivity contribution >= 4 is 44.8 Å². The lowest BCUT2D eigenvalue weighted by molar-refractivity contribution is 0.0696. The highest BCUT2D eigenvalue weighted by Gasteiger charge is 2.21. The lowest BCUT2D eigenvalue weighted by Crippen LogP contribution is -2.12. The molecule has 2 heterocycles. The Bertz CT molecular complexity index is 1030. The van der Waals surface area contributed by atoms with Gasteiger partial charge in [-0.2, -0.15) is 0 Å². The van der Waals surface area contributed by atoms with E-state index in [9.17, 15) is 9.59 Å². The fourth-order valence-electron chi connectivity index (χ4n) is 3.08. The highest BCUT2D eigenvalue weighted by atomic mass is 32.1. The maximum atomic E-state index is 12.6. The van der Waals surface area contributed by atoms with Crippen molar-refractivity contribution < 1.29 is 14.7 Å². The summed E-state index contributed by atoms with van der Waals surface area (Å²) in [7, 11) is 0. The normalized spacial score (nSPS) is 13.0. The summed E-state index contributed by atoms with van der Waals surface area (Å²) in [5.41, 5.74) is 9.43. The number of benzene rings is 1. The number of hydrogen-bond donors (Lipinski definition) is 3. The number of nitrogens with one attached hydrogen (secondary N) is 1. The van der Waals surface area contributed by atoms with Gasteiger partial charge in [-0.1, -0.05) is 6.07 Å². The Morgan fingerprint density at radius 2 is 2.08 bits per heavy atom. The molecular weight excluding hydrogens is 338 g/mol. The van der Waals surface area contributed by atoms with Crippen LogP contribution in [0.5, 0.6) is 0 Å². The van der Waals surface area contributed by atoms with E-state index in [1.807, 2.05) is 6.07 Å². The predicted octanol–water partition coefficient (Wildman–Crippen LogP) is 3.32. The smallest absolute Gasteiger partial charge is 0.335 e. The van der Waals surface area contributed by atoms with Gasteiger partial charge in [-0.05, 0) is 49.1 Å². The molecule has 1 aliphatic rings. The number of amides is 1. The number of aromatic carboxylic acids is 1. The van der Waals surface area contributed by atoms with E-state index in [1.165, 1.54) is 29.0 Å². The van der Waals surface area contributed by atoms with Crippen LogP contribution in [0.25, 0.3) is 10.2 Å². The Morgan fingerprint density at radius 3 is 2.88 bits per heavy atom. The number of carboxylic acids is 1. The highest BCUT2D eigenvalue weighted by Crippen LogP contribution is 2.36. The van der Waals surface area contributed by atoms with Gasteiger partial charge in [0.15, 0.2) is 0 Å². The zero-order chi connectivity index (χ0) is 17.6. The maximum absolute atomic E-state index is 12.6. The van der Waals surface area contributed by atoms with Crippen LogP contribution in [0.1, 0.15) is 37.7 Å². The van der Waals surface area contributed by atoms with Crippen LogP contribution in [0.4, 0.5) is 11.4 Å². The lowest BCUT2D eigenvalue weighted by Gasteiger charge is -2.05. The molecule has 0 saturated heterocycles. The lowest BCUT2D eigenvalue weighted by atomic mass is 10.1. The first-order valence-electron chi connectivity index (χ1n) is 7.88. The van der Waals surface area contributed by atoms with Gasteiger partial charge in [0.25, 0.3) is 5.91 Å². The Morgan fingerprint density at radius 1 is 1.24 bits per heavy atom. The summed E-state index contributed by atoms with van der Waals surface area (Å²) in [6.45, 7) is 0. The van der Waals surface area contributed by atoms with E-state index in [1.54, 1.807) is 12.1 Å². The average molecular weight is 353 g/mol. The molecule has 126 valence electrons. The van der Waals surface area contributed by atoms with Gasteiger partial charge in [0.1, 0.15) is 9.71 Å². The number of carboxylic acid groups (broad SMARTS) is 1. The molecule has 4 rings (SSSR count). The van der Waals surface area contributed by atoms with E-state index in [-0.39, 0.29) is 11.5 Å². The largest absolute Gasteiger partial charge is 0.478 e. The van der Waals surface area contributed by atoms with Gasteiger partial charge >= 0.3 is 5.97 Å². The number of thiophene rings is 1. The number of aryl methyl sites for hydroxylation is 2. The van der Waals surface area contributed by atoms with Crippen molar-refractivity contribution in [2.75, 3.05) is 11.1 Å². The monoisotopic (exact) mass is 353 g/mol. The zero-order valence-corrected chi connectivity index (χ0v) is 14.0. The quantitative estimate of drug-likeness (QED) is 0.670. The Labute approximate surface area is 147 Å². The summed E-state index contributed by atoms with van der Waals surface area (Å²) in [5, 5.41) is 12.6. The van der Waals surface area contributed by atoms with Gasteiger partial charge in [-0.3, -0.25) is 4.79 Å². The molecule has 0 radical (unpaired) electrons. The fourth-order valence-corrected chi connectivity index (χ4v) is 4.08. The number of rotatable bonds is 3. The average Bonchev–Trinajstić information content (AvgIpc) is 3.17. The number of fused-ring (bicyclic) bond motifs is 2. The van der Waals surface area contributed by atoms with Gasteiger partial charge in [-0.15, -0.1) is 11.3 Å². The van der Waals surface area contributed by atoms with E-state index < -0.39 is 5.97 Å². The molecule has 0 fully saturated rings. The summed E-state index contributed by atoms with van der Waals surface area (Å²) < 4.78 is 0. The first kappa shape index (κ1) is 15.6. The molecule has 0 atom stereocenters. The zero-order valence-electron chi connectivity index (χ0n) is 13.2. The van der Waals surface area contributed by atoms with E-state index >= 15 is 0 Å². The van der Waals surface area contributed by atoms with Gasteiger partial charge < -0.3 is 16.2 Å². The third-order valence-electron chi connectivity index (χ3n) is 4.32. The standard InChI is InChI=1S/C18H15N3O3S/c19-14-12-8-9-3-2-6-13(9)21-17(12)25-15(14)16(22)20-11-5-1-4-10(7-11)18(23)24/h1,4-5,7-8H,2-3,6,19H2,(H,20,22)(H,23,24). The van der Waals surface area contributed by atoms with E-state index in [2.05, 4.69) is 10.3 Å². The first-order chi connectivity index (χ1) is 12.0. The van der Waals surface area contributed by atoms with Crippen molar-refractivity contribution in [2.24, 2.45) is 0 Å². The summed E-state index contributed by atoms with van der Waals surface area (Å²) >= 11 is 1.26. The fraction of sp³-hybridized carbons (Fsp3) is 0.167. The Balaban J connectivity index is 1.67. The second-order valence-corrected chi connectivity index (χ2v) is 6.98. The van der Waals surface area contributed by atoms with Crippen molar-refractivity contribution in [3.8, 4) is 0 Å². The van der Waals surface area contributed by atoms with Crippen LogP contribution in [0.3, 0.4) is 0 Å². The number of carbonyl (C=O) groups excluding carboxylic acids is 1. The summed E-state index contributed by atoms with van der Waals surface area (Å²) in [4.78, 5) is 29.4. The van der Waals surface area contributed by atoms with Crippen molar-refractivity contribution in [2.45, 2.75) is 19.3 Å². The van der Waals surface area contributed by atoms with Crippen molar-refractivity contribution in [1.29, 1.82) is 0 Å². The van der Waals surface area contributed by atoms with Gasteiger partial charge in [0, 0.05) is 16.8 Å². The summed E-state index contributed by atoms with van der Waals surface area (Å²) in [6, 6.07) is 8.15. The molecule has 25 heavy (non-hydrogen) atoms. The van der Waals surface area contributed by atoms with Crippen LogP contribution in [-0.4, -0.2) is 22.0 Å². The van der Waals surface area contributed by atoms with Crippen LogP contribution in [0.15, 0.2) is 30.3 Å². The number of nitrogen functional groups attached to an aromatic ring is 1. The summed E-state index contributed by atoms with van der Waals surface area (Å²) in [5.74, 6) is -1.40. The minimum Gasteiger partial charge on any atom is -0.478 e. The number of carbonyl (C=O) groups is 2. The number of anilines is 2. The topological polar surface area (TPSA) is 105 Å². The minimum atomic E-state index is -1.05. The summed E-state index contributed by atoms with van der Waals surface area (Å²) in [6.07, 6.45) is 3.07. The highest BCUT2D eigenvalue weighted by molar-refractivity contribution is 7.21. The van der Waals surface area contributed by atoms with Crippen LogP contribution in [-0.2, 0) is 12.8 Å². The molecule has 1 aromatic carbocycles. The van der Waals surface area contributed by atoms with Crippen LogP contribution in [0, 0.1) is 0 Å². The molecule has 3 aromatic rings. The predicted molar refractivity (Wildman–Crippen MR) is 97.4 cm³/mol. The van der Waals surface area contributed by atoms with Gasteiger partial charge in [0.05, 0.1) is 11.3 Å². The molecule has 1 aliphatic carbocycles. The molecule has 0 spiro atoms. The van der Waals surface area contributed by atoms with E-state index in [0.717, 1.165) is 35.2 Å². The third-order valence-corrected chi connectivity index (χ3v) is 5.44. The number of nitrogens with two attached hydrogens (primary N) is 1. The Kier molecular flexibility index (Phi) is 3.65. The van der Waals surface area contributed by atoms with E-state index in [0.29, 0.717) is 16.3 Å². The SMILES string of the molecule is Nc1c(C(=O)Nc2cccc(C(=O)O)c2)sc2nc3c(cc12)CCC3. The van der Waals surface area contributed by atoms with Crippen LogP contribution >= 0.6 is 11.3 Å². The first-order valence-corrected chi connectivity index (χ1v) is 8.70. The maximum Gasteiger partial charge on any atom is 0.335 e. The number of aromatic nitrogens is 1. The molecule has 7 heteroatoms. The molecule has 1 amide bonds. The van der Waals surface area contributed by atoms with Crippen LogP contribution < -0.4 is 11.1 Å². The molecule has 0 unspecified atom stereocenters. The van der Waals surface area contributed by atoms with Crippen molar-refractivity contribution in [3.63, 3.8) is 0 Å². The van der Waals surface area contributed by atoms with Crippen LogP contribution in [0.2, 0.25) is 0 Å². The Hall–Kier alpha value is -2.93. The van der Waals surface area contributed by atoms with E-state index in [4.69, 9.17) is 10.8 Å². The third kappa shape index (κ3) is 2.72. The molecule has 0 aliphatic heterocycles. The van der Waals surface area contributed by atoms with Crippen molar-refractivity contribution in [3.05, 3.63) is 52.0 Å². The molecule has 4 N–H and O–H groups in total. The number of nitrogens with zero attached hydrogens (tertiary/aromatic N) is 1. The van der Waals surface area contributed by atoms with Gasteiger partial charge in [-0.25, -0.2) is 9.78 Å². The second kappa shape index (κ2) is 5.86.